The fraction of sp³-hybridized carbons (Fsp3) is 0.412. The van der Waals surface area contributed by atoms with Crippen molar-refractivity contribution in [3.8, 4) is 0 Å². The van der Waals surface area contributed by atoms with E-state index in [-0.39, 0.29) is 5.82 Å². The minimum Gasteiger partial charge on any atom is -0.370 e. The maximum Gasteiger partial charge on any atom is 0.224 e. The van der Waals surface area contributed by atoms with Crippen molar-refractivity contribution >= 4 is 11.8 Å². The molecule has 5 heteroatoms. The molecule has 0 spiro atoms. The molecule has 1 heterocycles. The monoisotopic (exact) mass is 302 g/mol. The van der Waals surface area contributed by atoms with Crippen molar-refractivity contribution in [1.29, 1.82) is 0 Å². The molecule has 4 nitrogen and oxygen atoms in total. The quantitative estimate of drug-likeness (QED) is 0.780. The molecule has 2 N–H and O–H groups in total. The van der Waals surface area contributed by atoms with Gasteiger partial charge in [0.15, 0.2) is 0 Å². The van der Waals surface area contributed by atoms with Crippen LogP contribution < -0.4 is 10.6 Å². The third-order valence-corrected chi connectivity index (χ3v) is 3.32. The summed E-state index contributed by atoms with van der Waals surface area (Å²) in [6.07, 6.45) is 3.41. The lowest BCUT2D eigenvalue weighted by Crippen LogP contribution is -2.11. The van der Waals surface area contributed by atoms with Crippen LogP contribution in [0.5, 0.6) is 0 Å². The Balaban J connectivity index is 1.81. The van der Waals surface area contributed by atoms with E-state index in [0.717, 1.165) is 18.8 Å². The smallest absolute Gasteiger partial charge is 0.224 e. The number of anilines is 2. The van der Waals surface area contributed by atoms with Crippen LogP contribution in [0.4, 0.5) is 16.2 Å². The molecule has 0 amide bonds. The van der Waals surface area contributed by atoms with E-state index in [0.29, 0.717) is 30.4 Å². The fourth-order valence-electron chi connectivity index (χ4n) is 2.04. The van der Waals surface area contributed by atoms with Gasteiger partial charge in [-0.1, -0.05) is 32.0 Å². The summed E-state index contributed by atoms with van der Waals surface area (Å²) in [7, 11) is 0. The Hall–Kier alpha value is -2.17. The highest BCUT2D eigenvalue weighted by Gasteiger charge is 2.02. The maximum atomic E-state index is 13.5. The zero-order valence-corrected chi connectivity index (χ0v) is 13.1. The Kier molecular flexibility index (Phi) is 6.13. The van der Waals surface area contributed by atoms with Crippen molar-refractivity contribution in [3.05, 3.63) is 47.9 Å². The van der Waals surface area contributed by atoms with Gasteiger partial charge >= 0.3 is 0 Å². The Labute approximate surface area is 131 Å². The van der Waals surface area contributed by atoms with Gasteiger partial charge in [-0.25, -0.2) is 9.37 Å². The number of hydrogen-bond donors (Lipinski definition) is 2. The van der Waals surface area contributed by atoms with E-state index < -0.39 is 0 Å². The zero-order chi connectivity index (χ0) is 15.8. The minimum absolute atomic E-state index is 0.164. The molecule has 0 bridgehead atoms. The van der Waals surface area contributed by atoms with Crippen LogP contribution >= 0.6 is 0 Å². The summed E-state index contributed by atoms with van der Waals surface area (Å²) in [4.78, 5) is 8.59. The number of rotatable bonds is 8. The molecule has 1 aromatic carbocycles. The molecule has 1 aromatic heterocycles. The number of aromatic nitrogens is 2. The van der Waals surface area contributed by atoms with Crippen LogP contribution in [-0.4, -0.2) is 23.1 Å². The second-order valence-electron chi connectivity index (χ2n) is 5.64. The zero-order valence-electron chi connectivity index (χ0n) is 13.1. The molecule has 0 saturated heterocycles. The van der Waals surface area contributed by atoms with Crippen LogP contribution in [0, 0.1) is 11.7 Å². The van der Waals surface area contributed by atoms with Crippen LogP contribution in [-0.2, 0) is 6.42 Å². The SMILES string of the molecule is CC(C)CCNc1nccc(NCCc2ccccc2F)n1. The molecule has 2 aromatic rings. The van der Waals surface area contributed by atoms with E-state index in [1.807, 2.05) is 12.1 Å². The topological polar surface area (TPSA) is 49.8 Å². The average Bonchev–Trinajstić information content (AvgIpc) is 2.49. The van der Waals surface area contributed by atoms with Gasteiger partial charge in [0.05, 0.1) is 0 Å². The highest BCUT2D eigenvalue weighted by molar-refractivity contribution is 5.39. The molecule has 0 saturated carbocycles. The fourth-order valence-corrected chi connectivity index (χ4v) is 2.04. The van der Waals surface area contributed by atoms with Crippen molar-refractivity contribution in [3.63, 3.8) is 0 Å². The maximum absolute atomic E-state index is 13.5. The second kappa shape index (κ2) is 8.32. The van der Waals surface area contributed by atoms with Gasteiger partial charge in [-0.2, -0.15) is 4.98 Å². The van der Waals surface area contributed by atoms with E-state index in [9.17, 15) is 4.39 Å². The van der Waals surface area contributed by atoms with Crippen LogP contribution in [0.2, 0.25) is 0 Å². The molecule has 2 rings (SSSR count). The molecular formula is C17H23FN4. The van der Waals surface area contributed by atoms with E-state index >= 15 is 0 Å². The van der Waals surface area contributed by atoms with Gasteiger partial charge in [0.2, 0.25) is 5.95 Å². The lowest BCUT2D eigenvalue weighted by molar-refractivity contribution is 0.606. The van der Waals surface area contributed by atoms with Gasteiger partial charge in [0.1, 0.15) is 11.6 Å². The van der Waals surface area contributed by atoms with Gasteiger partial charge in [0, 0.05) is 19.3 Å². The van der Waals surface area contributed by atoms with Crippen molar-refractivity contribution in [2.75, 3.05) is 23.7 Å². The summed E-state index contributed by atoms with van der Waals surface area (Å²) in [6, 6.07) is 8.65. The Morgan fingerprint density at radius 2 is 1.91 bits per heavy atom. The molecule has 0 atom stereocenters. The van der Waals surface area contributed by atoms with Crippen molar-refractivity contribution in [1.82, 2.24) is 9.97 Å². The Bertz CT molecular complexity index is 586. The van der Waals surface area contributed by atoms with Gasteiger partial charge < -0.3 is 10.6 Å². The molecule has 0 fully saturated rings. The van der Waals surface area contributed by atoms with E-state index in [2.05, 4.69) is 34.4 Å². The molecule has 22 heavy (non-hydrogen) atoms. The lowest BCUT2D eigenvalue weighted by Gasteiger charge is -2.09. The van der Waals surface area contributed by atoms with Gasteiger partial charge in [-0.3, -0.25) is 0 Å². The molecular weight excluding hydrogens is 279 g/mol. The first-order valence-electron chi connectivity index (χ1n) is 7.69. The van der Waals surface area contributed by atoms with E-state index in [1.54, 1.807) is 18.3 Å². The number of nitrogens with zero attached hydrogens (tertiary/aromatic N) is 2. The van der Waals surface area contributed by atoms with E-state index in [1.165, 1.54) is 6.07 Å². The highest BCUT2D eigenvalue weighted by atomic mass is 19.1. The van der Waals surface area contributed by atoms with Crippen LogP contribution in [0.15, 0.2) is 36.5 Å². The first-order chi connectivity index (χ1) is 10.6. The van der Waals surface area contributed by atoms with Crippen LogP contribution in [0.25, 0.3) is 0 Å². The number of hydrogen-bond acceptors (Lipinski definition) is 4. The largest absolute Gasteiger partial charge is 0.370 e. The van der Waals surface area contributed by atoms with Crippen LogP contribution in [0.3, 0.4) is 0 Å². The van der Waals surface area contributed by atoms with Crippen LogP contribution in [0.1, 0.15) is 25.8 Å². The van der Waals surface area contributed by atoms with Crippen molar-refractivity contribution in [2.24, 2.45) is 5.92 Å². The Morgan fingerprint density at radius 1 is 1.09 bits per heavy atom. The average molecular weight is 302 g/mol. The summed E-state index contributed by atoms with van der Waals surface area (Å²) < 4.78 is 13.5. The number of nitrogens with one attached hydrogen (secondary N) is 2. The minimum atomic E-state index is -0.164. The predicted octanol–water partition coefficient (Wildman–Crippen LogP) is 3.73. The molecule has 0 aliphatic carbocycles. The first kappa shape index (κ1) is 16.2. The summed E-state index contributed by atoms with van der Waals surface area (Å²) in [5.41, 5.74) is 0.708. The third kappa shape index (κ3) is 5.31. The second-order valence-corrected chi connectivity index (χ2v) is 5.64. The molecule has 118 valence electrons. The summed E-state index contributed by atoms with van der Waals surface area (Å²) in [6.45, 7) is 5.85. The predicted molar refractivity (Wildman–Crippen MR) is 88.6 cm³/mol. The molecule has 0 aliphatic rings. The highest BCUT2D eigenvalue weighted by Crippen LogP contribution is 2.09. The van der Waals surface area contributed by atoms with Gasteiger partial charge in [0.25, 0.3) is 0 Å². The van der Waals surface area contributed by atoms with Crippen molar-refractivity contribution in [2.45, 2.75) is 26.7 Å². The number of benzene rings is 1. The summed E-state index contributed by atoms with van der Waals surface area (Å²) in [5.74, 6) is 1.85. The summed E-state index contributed by atoms with van der Waals surface area (Å²) in [5, 5.41) is 6.41. The summed E-state index contributed by atoms with van der Waals surface area (Å²) >= 11 is 0. The molecule has 0 unspecified atom stereocenters. The lowest BCUT2D eigenvalue weighted by atomic mass is 10.1. The van der Waals surface area contributed by atoms with Gasteiger partial charge in [-0.05, 0) is 36.5 Å². The van der Waals surface area contributed by atoms with E-state index in [4.69, 9.17) is 0 Å². The molecule has 0 aliphatic heterocycles. The normalized spacial score (nSPS) is 10.7. The van der Waals surface area contributed by atoms with Crippen molar-refractivity contribution < 1.29 is 4.39 Å². The first-order valence-corrected chi connectivity index (χ1v) is 7.69. The Morgan fingerprint density at radius 3 is 2.68 bits per heavy atom. The van der Waals surface area contributed by atoms with Gasteiger partial charge in [-0.15, -0.1) is 0 Å². The third-order valence-electron chi connectivity index (χ3n) is 3.32. The molecule has 0 radical (unpaired) electrons. The standard InChI is InChI=1S/C17H23FN4/c1-13(2)7-10-20-17-21-12-9-16(22-17)19-11-8-14-5-3-4-6-15(14)18/h3-6,9,12-13H,7-8,10-11H2,1-2H3,(H2,19,20,21,22). The number of halogens is 1.